The molecule has 4 saturated carbocycles. The van der Waals surface area contributed by atoms with Crippen molar-refractivity contribution in [3.63, 3.8) is 0 Å². The number of carbonyl (C=O) groups excluding carboxylic acids is 12. The lowest BCUT2D eigenvalue weighted by Gasteiger charge is -2.37. The van der Waals surface area contributed by atoms with Crippen LogP contribution < -0.4 is 36.4 Å². The van der Waals surface area contributed by atoms with Crippen LogP contribution in [-0.4, -0.2) is 306 Å². The predicted molar refractivity (Wildman–Crippen MR) is 488 cm³/mol. The molecule has 9 fully saturated rings. The molecule has 4 aromatic carbocycles. The highest BCUT2D eigenvalue weighted by molar-refractivity contribution is 6.08. The predicted octanol–water partition coefficient (Wildman–Crippen LogP) is 8.32. The minimum Gasteiger partial charge on any atom is -0.481 e. The molecule has 13 aliphatic rings. The Kier molecular flexibility index (Phi) is 27.1. The lowest BCUT2D eigenvalue weighted by Crippen LogP contribution is -2.55. The van der Waals surface area contributed by atoms with Gasteiger partial charge in [0.2, 0.25) is 23.6 Å². The SMILES string of the molecule is CC(C)(C)OC(=O)N1CCN(c2ccc3c(c2)C2(CC2)N(C(CCC(=O)O)C(=O)O)C3=O)CC1.CC(C)(C)OC(=O)N1CCN(c2ccc3c(c2)C2(CC2)N(C(CCC(=O)O)C(N)=O)C3=O)CC1.CC(C)(C)OC(=O)N1CCN(c2ccc3c(c2)C2(CC2)N(C(CCC(N)=O)C(=O)O)C3=O)CC1.CC(C)(C)OC(=O)N1CCN(c2ccc3c(c2)C2(CC2)N(C2CCC(=O)NC2=O)C3=O)CC1. The minimum absolute atomic E-state index is 0.00831. The number of carbonyl (C=O) groups is 16. The van der Waals surface area contributed by atoms with Crippen molar-refractivity contribution in [1.29, 1.82) is 0 Å². The number of primary amides is 2. The lowest BCUT2D eigenvalue weighted by molar-refractivity contribution is -0.145. The van der Waals surface area contributed by atoms with Crippen LogP contribution in [0, 0.1) is 0 Å². The van der Waals surface area contributed by atoms with Gasteiger partial charge in [0.1, 0.15) is 46.6 Å². The molecular formula is C96H125N15O24. The maximum Gasteiger partial charge on any atom is 0.410 e. The Hall–Kier alpha value is -13.0. The van der Waals surface area contributed by atoms with Crippen molar-refractivity contribution in [3.8, 4) is 0 Å². The van der Waals surface area contributed by atoms with E-state index >= 15 is 0 Å². The Labute approximate surface area is 782 Å². The van der Waals surface area contributed by atoms with Crippen LogP contribution in [0.25, 0.3) is 0 Å². The first-order chi connectivity index (χ1) is 63.4. The van der Waals surface area contributed by atoms with Crippen LogP contribution in [0.3, 0.4) is 0 Å². The maximum absolute atomic E-state index is 13.3. The fourth-order valence-corrected chi connectivity index (χ4v) is 20.0. The van der Waals surface area contributed by atoms with Gasteiger partial charge in [-0.2, -0.15) is 0 Å². The average molecular weight is 1870 g/mol. The quantitative estimate of drug-likeness (QED) is 0.0323. The van der Waals surface area contributed by atoms with Gasteiger partial charge in [-0.3, -0.25) is 53.3 Å². The number of piperidine rings is 1. The number of carboxylic acids is 4. The Morgan fingerprint density at radius 2 is 0.630 bits per heavy atom. The van der Waals surface area contributed by atoms with Gasteiger partial charge in [-0.15, -0.1) is 0 Å². The van der Waals surface area contributed by atoms with E-state index in [0.29, 0.717) is 172 Å². The fourth-order valence-electron chi connectivity index (χ4n) is 20.0. The number of hydrogen-bond donors (Lipinski definition) is 7. The number of nitrogens with two attached hydrogens (primary N) is 2. The molecule has 4 aromatic rings. The number of nitrogens with one attached hydrogen (secondary N) is 1. The number of ether oxygens (including phenoxy) is 4. The van der Waals surface area contributed by atoms with E-state index in [1.54, 1.807) is 42.7 Å². The highest BCUT2D eigenvalue weighted by Gasteiger charge is 2.65. The van der Waals surface area contributed by atoms with Crippen molar-refractivity contribution in [3.05, 3.63) is 117 Å². The molecule has 12 amide bonds. The molecule has 9 aliphatic heterocycles. The number of amides is 12. The van der Waals surface area contributed by atoms with Crippen molar-refractivity contribution in [2.45, 2.75) is 255 Å². The summed E-state index contributed by atoms with van der Waals surface area (Å²) in [6, 6.07) is 18.9. The summed E-state index contributed by atoms with van der Waals surface area (Å²) in [5.74, 6) is -7.45. The lowest BCUT2D eigenvalue weighted by atomic mass is 9.99. The number of carboxylic acid groups (broad SMARTS) is 4. The Morgan fingerprint density at radius 1 is 0.370 bits per heavy atom. The highest BCUT2D eigenvalue weighted by Crippen LogP contribution is 2.62. The first-order valence-electron chi connectivity index (χ1n) is 46.5. The fraction of sp³-hybridized carbons (Fsp3) is 0.583. The molecule has 0 bridgehead atoms. The van der Waals surface area contributed by atoms with Crippen LogP contribution in [0.15, 0.2) is 72.8 Å². The normalized spacial score (nSPS) is 20.8. The monoisotopic (exact) mass is 1870 g/mol. The van der Waals surface area contributed by atoms with Crippen LogP contribution in [0.2, 0.25) is 0 Å². The Morgan fingerprint density at radius 3 is 0.874 bits per heavy atom. The van der Waals surface area contributed by atoms with Gasteiger partial charge < -0.3 is 110 Å². The Bertz CT molecular complexity index is 5020. The van der Waals surface area contributed by atoms with E-state index in [1.165, 1.54) is 14.7 Å². The smallest absolute Gasteiger partial charge is 0.410 e. The molecule has 4 spiro atoms. The van der Waals surface area contributed by atoms with Crippen LogP contribution in [-0.2, 0) is 79.5 Å². The molecule has 4 atom stereocenters. The van der Waals surface area contributed by atoms with Crippen LogP contribution in [0.5, 0.6) is 0 Å². The zero-order chi connectivity index (χ0) is 98.1. The zero-order valence-electron chi connectivity index (χ0n) is 78.8. The largest absolute Gasteiger partial charge is 0.481 e. The number of benzene rings is 4. The van der Waals surface area contributed by atoms with Gasteiger partial charge in [-0.25, -0.2) is 28.8 Å². The number of aliphatic carboxylic acids is 4. The van der Waals surface area contributed by atoms with Crippen LogP contribution in [0.4, 0.5) is 41.9 Å². The van der Waals surface area contributed by atoms with Crippen LogP contribution >= 0.6 is 0 Å². The summed E-state index contributed by atoms with van der Waals surface area (Å²) in [7, 11) is 0. The number of fused-ring (bicyclic) bond motifs is 8. The van der Waals surface area contributed by atoms with Gasteiger partial charge in [0.15, 0.2) is 0 Å². The molecule has 728 valence electrons. The third-order valence-corrected chi connectivity index (χ3v) is 27.0. The summed E-state index contributed by atoms with van der Waals surface area (Å²) in [6.07, 6.45) is 4.26. The number of rotatable bonds is 20. The van der Waals surface area contributed by atoms with E-state index in [0.717, 1.165) is 57.8 Å². The minimum atomic E-state index is -1.19. The number of piperazine rings is 4. The summed E-state index contributed by atoms with van der Waals surface area (Å²) in [6.45, 7) is 31.5. The topological polar surface area (TPSA) is 494 Å². The highest BCUT2D eigenvalue weighted by atomic mass is 16.6. The van der Waals surface area contributed by atoms with Crippen molar-refractivity contribution >= 4 is 118 Å². The van der Waals surface area contributed by atoms with E-state index in [9.17, 15) is 86.9 Å². The van der Waals surface area contributed by atoms with Gasteiger partial charge in [0.25, 0.3) is 23.6 Å². The molecule has 39 nitrogen and oxygen atoms in total. The van der Waals surface area contributed by atoms with Gasteiger partial charge >= 0.3 is 48.3 Å². The van der Waals surface area contributed by atoms with E-state index in [2.05, 4.69) is 31.0 Å². The molecular weight excluding hydrogens is 1750 g/mol. The average Bonchev–Trinajstić information content (AvgIpc) is 1.55. The molecule has 135 heavy (non-hydrogen) atoms. The molecule has 17 rings (SSSR count). The molecule has 0 aromatic heterocycles. The molecule has 9 N–H and O–H groups in total. The summed E-state index contributed by atoms with van der Waals surface area (Å²) < 4.78 is 21.9. The zero-order valence-corrected chi connectivity index (χ0v) is 78.8. The molecule has 39 heteroatoms. The molecule has 0 radical (unpaired) electrons. The van der Waals surface area contributed by atoms with Gasteiger partial charge in [-0.05, 0) is 255 Å². The summed E-state index contributed by atoms with van der Waals surface area (Å²) in [5.41, 5.74) is 15.8. The second-order valence-electron chi connectivity index (χ2n) is 41.0. The second-order valence-corrected chi connectivity index (χ2v) is 41.0. The number of hydrogen-bond acceptors (Lipinski definition) is 24. The van der Waals surface area contributed by atoms with Gasteiger partial charge in [0, 0.05) is 175 Å². The third kappa shape index (κ3) is 20.8. The number of imide groups is 1. The van der Waals surface area contributed by atoms with E-state index in [-0.39, 0.29) is 105 Å². The van der Waals surface area contributed by atoms with E-state index in [1.807, 2.05) is 132 Å². The first kappa shape index (κ1) is 98.0. The second kappa shape index (κ2) is 37.3. The molecule has 5 saturated heterocycles. The van der Waals surface area contributed by atoms with Gasteiger partial charge in [-0.1, -0.05) is 0 Å². The first-order valence-corrected chi connectivity index (χ1v) is 46.5. The van der Waals surface area contributed by atoms with Crippen molar-refractivity contribution < 1.29 is 116 Å². The molecule has 4 aliphatic carbocycles. The molecule has 9 heterocycles. The number of anilines is 4. The van der Waals surface area contributed by atoms with E-state index < -0.39 is 104 Å². The maximum atomic E-state index is 13.3. The van der Waals surface area contributed by atoms with Crippen LogP contribution in [0.1, 0.15) is 250 Å². The van der Waals surface area contributed by atoms with E-state index in [4.69, 9.17) is 40.6 Å². The van der Waals surface area contributed by atoms with Crippen molar-refractivity contribution in [2.24, 2.45) is 11.5 Å². The standard InChI is InChI=1S/2C24H32N4O6.C24H30N4O5.C24H31N3O7/c1-23(2,3)34-22(33)27-12-10-26(11-13-27)15-4-5-16-17(14-15)24(8-9-24)28(21(16)32)18(20(25)31)6-7-19(29)30;1-23(2,3)34-22(33)27-12-10-26(11-13-27)15-4-5-16-17(14-15)24(8-9-24)28(20(16)30)18(21(31)32)6-7-19(25)29;1-23(2,3)33-22(32)27-12-10-26(11-13-27)15-4-5-16-17(14-15)24(8-9-24)28(21(16)31)18-6-7-19(29)25-20(18)30;1-23(2,3)34-22(33)26-12-10-25(11-13-26)15-4-5-16-17(14-15)24(8-9-24)27(20(16)30)18(21(31)32)6-7-19(28)29/h4-5,14,18H,6-13H2,1-3H3,(H2,25,31)(H,29,30);4-5,14,18H,6-13H2,1-3H3,(H2,25,29)(H,31,32);4-5,14,18H,6-13H2,1-3H3,(H,25,29,30);4-5,14,18H,6-13H2,1-3H3,(H,28,29)(H,31,32). The summed E-state index contributed by atoms with van der Waals surface area (Å²) >= 11 is 0. The molecule has 4 unspecified atom stereocenters. The summed E-state index contributed by atoms with van der Waals surface area (Å²) in [4.78, 5) is 218. The third-order valence-electron chi connectivity index (χ3n) is 27.0. The van der Waals surface area contributed by atoms with Crippen molar-refractivity contribution in [1.82, 2.24) is 44.5 Å². The Balaban J connectivity index is 0.000000144. The summed E-state index contributed by atoms with van der Waals surface area (Å²) in [5, 5.41) is 40.1. The van der Waals surface area contributed by atoms with Crippen molar-refractivity contribution in [2.75, 3.05) is 124 Å². The number of nitrogens with zero attached hydrogens (tertiary/aromatic N) is 12. The van der Waals surface area contributed by atoms with Gasteiger partial charge in [0.05, 0.1) is 22.2 Å².